The molecule has 0 spiro atoms. The molecule has 0 unspecified atom stereocenters. The van der Waals surface area contributed by atoms with Gasteiger partial charge in [0.1, 0.15) is 16.5 Å². The van der Waals surface area contributed by atoms with Crippen molar-refractivity contribution in [2.75, 3.05) is 5.32 Å². The number of nitrogens with one attached hydrogen (secondary N) is 1. The Hall–Kier alpha value is -3.12. The number of carbonyl (C=O) groups is 2. The number of hydrogen-bond donors (Lipinski definition) is 1. The number of amides is 1. The van der Waals surface area contributed by atoms with Crippen LogP contribution in [0.3, 0.4) is 0 Å². The molecule has 1 aliphatic carbocycles. The molecule has 164 valence electrons. The van der Waals surface area contributed by atoms with Crippen LogP contribution in [0, 0.1) is 0 Å². The van der Waals surface area contributed by atoms with Gasteiger partial charge in [-0.1, -0.05) is 36.4 Å². The van der Waals surface area contributed by atoms with E-state index < -0.39 is 5.92 Å². The molecule has 5 nitrogen and oxygen atoms in total. The first kappa shape index (κ1) is 20.8. The first-order valence-electron chi connectivity index (χ1n) is 11.0. The molecule has 1 N–H and O–H groups in total. The lowest BCUT2D eigenvalue weighted by Crippen LogP contribution is -2.25. The fourth-order valence-corrected chi connectivity index (χ4v) is 5.80. The Morgan fingerprint density at radius 3 is 2.28 bits per heavy atom. The quantitative estimate of drug-likeness (QED) is 0.493. The highest BCUT2D eigenvalue weighted by Gasteiger charge is 2.34. The molecule has 0 bridgehead atoms. The number of thiophene rings is 1. The molecule has 2 aliphatic rings. The van der Waals surface area contributed by atoms with Gasteiger partial charge in [0.05, 0.1) is 17.6 Å². The van der Waals surface area contributed by atoms with Crippen molar-refractivity contribution in [3.05, 3.63) is 75.7 Å². The summed E-state index contributed by atoms with van der Waals surface area (Å²) in [4.78, 5) is 27.8. The smallest absolute Gasteiger partial charge is 0.341 e. The van der Waals surface area contributed by atoms with Crippen molar-refractivity contribution in [2.24, 2.45) is 0 Å². The summed E-state index contributed by atoms with van der Waals surface area (Å²) in [6.07, 6.45) is 3.69. The zero-order valence-electron chi connectivity index (χ0n) is 18.1. The van der Waals surface area contributed by atoms with Crippen LogP contribution < -0.4 is 10.1 Å². The van der Waals surface area contributed by atoms with E-state index in [2.05, 4.69) is 5.32 Å². The third kappa shape index (κ3) is 3.69. The summed E-state index contributed by atoms with van der Waals surface area (Å²) in [5, 5.41) is 3.69. The second-order valence-corrected chi connectivity index (χ2v) is 9.57. The van der Waals surface area contributed by atoms with Crippen molar-refractivity contribution >= 4 is 28.2 Å². The van der Waals surface area contributed by atoms with Gasteiger partial charge < -0.3 is 14.8 Å². The number of aryl methyl sites for hydroxylation is 1. The molecule has 0 radical (unpaired) electrons. The maximum atomic E-state index is 13.7. The summed E-state index contributed by atoms with van der Waals surface area (Å²) >= 11 is 1.51. The first-order chi connectivity index (χ1) is 15.5. The topological polar surface area (TPSA) is 64.6 Å². The van der Waals surface area contributed by atoms with Crippen LogP contribution >= 0.6 is 11.3 Å². The van der Waals surface area contributed by atoms with Gasteiger partial charge in [-0.25, -0.2) is 4.79 Å². The summed E-state index contributed by atoms with van der Waals surface area (Å²) in [7, 11) is 0. The number of benzene rings is 2. The van der Waals surface area contributed by atoms with Crippen LogP contribution in [-0.4, -0.2) is 18.0 Å². The van der Waals surface area contributed by atoms with E-state index in [9.17, 15) is 9.59 Å². The number of anilines is 1. The van der Waals surface area contributed by atoms with Crippen LogP contribution in [0.4, 0.5) is 5.00 Å². The van der Waals surface area contributed by atoms with Crippen molar-refractivity contribution in [1.29, 1.82) is 0 Å². The number of rotatable bonds is 4. The Bertz CT molecular complexity index is 1150. The average Bonchev–Trinajstić information content (AvgIpc) is 3.14. The Labute approximate surface area is 191 Å². The van der Waals surface area contributed by atoms with E-state index in [0.29, 0.717) is 22.1 Å². The molecule has 1 amide bonds. The predicted molar refractivity (Wildman–Crippen MR) is 125 cm³/mol. The number of hydrogen-bond acceptors (Lipinski definition) is 5. The van der Waals surface area contributed by atoms with E-state index in [1.807, 2.05) is 62.4 Å². The van der Waals surface area contributed by atoms with E-state index in [4.69, 9.17) is 9.47 Å². The van der Waals surface area contributed by atoms with Gasteiger partial charge in [0, 0.05) is 16.0 Å². The van der Waals surface area contributed by atoms with Gasteiger partial charge in [0.15, 0.2) is 0 Å². The fraction of sp³-hybridized carbons (Fsp3) is 0.308. The van der Waals surface area contributed by atoms with Gasteiger partial charge in [-0.15, -0.1) is 11.3 Å². The monoisotopic (exact) mass is 447 g/mol. The Balaban J connectivity index is 1.54. The molecule has 0 fully saturated rings. The molecular formula is C26H25NO4S. The van der Waals surface area contributed by atoms with Crippen LogP contribution in [-0.2, 0) is 22.4 Å². The molecule has 1 aromatic heterocycles. The molecule has 2 heterocycles. The van der Waals surface area contributed by atoms with Crippen molar-refractivity contribution in [3.8, 4) is 11.5 Å². The third-order valence-corrected chi connectivity index (χ3v) is 7.10. The standard InChI is InChI=1S/C26H25NO4S/c1-15(2)30-26(29)23-18-11-5-8-14-21(18)32-25(23)27-24(28)22-16-9-3-6-12-19(16)31-20-13-7-4-10-17(20)22/h3-4,6-7,9-10,12-13,15,22H,5,8,11,14H2,1-2H3,(H,27,28). The lowest BCUT2D eigenvalue weighted by atomic mass is 9.87. The second-order valence-electron chi connectivity index (χ2n) is 8.47. The fourth-order valence-electron chi connectivity index (χ4n) is 4.52. The Morgan fingerprint density at radius 1 is 1.00 bits per heavy atom. The van der Waals surface area contributed by atoms with Crippen LogP contribution in [0.5, 0.6) is 11.5 Å². The third-order valence-electron chi connectivity index (χ3n) is 5.90. The first-order valence-corrected chi connectivity index (χ1v) is 11.9. The Kier molecular flexibility index (Phi) is 5.47. The molecule has 5 rings (SSSR count). The van der Waals surface area contributed by atoms with Gasteiger partial charge in [-0.2, -0.15) is 0 Å². The van der Waals surface area contributed by atoms with Gasteiger partial charge in [0.25, 0.3) is 0 Å². The van der Waals surface area contributed by atoms with Gasteiger partial charge in [-0.3, -0.25) is 4.79 Å². The van der Waals surface area contributed by atoms with Crippen LogP contribution in [0.15, 0.2) is 48.5 Å². The second kappa shape index (κ2) is 8.43. The zero-order chi connectivity index (χ0) is 22.2. The van der Waals surface area contributed by atoms with Crippen molar-refractivity contribution in [1.82, 2.24) is 0 Å². The van der Waals surface area contributed by atoms with E-state index in [1.54, 1.807) is 0 Å². The number of fused-ring (bicyclic) bond motifs is 3. The van der Waals surface area contributed by atoms with Gasteiger partial charge >= 0.3 is 5.97 Å². The van der Waals surface area contributed by atoms with Crippen molar-refractivity contribution in [3.63, 3.8) is 0 Å². The molecule has 6 heteroatoms. The predicted octanol–water partition coefficient (Wildman–Crippen LogP) is 6.07. The number of carbonyl (C=O) groups excluding carboxylic acids is 2. The summed E-state index contributed by atoms with van der Waals surface area (Å²) < 4.78 is 11.6. The lowest BCUT2D eigenvalue weighted by Gasteiger charge is -2.27. The van der Waals surface area contributed by atoms with Gasteiger partial charge in [0.2, 0.25) is 5.91 Å². The highest BCUT2D eigenvalue weighted by atomic mass is 32.1. The lowest BCUT2D eigenvalue weighted by molar-refractivity contribution is -0.116. The molecular weight excluding hydrogens is 422 g/mol. The highest BCUT2D eigenvalue weighted by Crippen LogP contribution is 2.45. The van der Waals surface area contributed by atoms with Crippen LogP contribution in [0.1, 0.15) is 64.5 Å². The van der Waals surface area contributed by atoms with E-state index in [-0.39, 0.29) is 18.0 Å². The van der Waals surface area contributed by atoms with E-state index >= 15 is 0 Å². The average molecular weight is 448 g/mol. The van der Waals surface area contributed by atoms with Crippen molar-refractivity contribution in [2.45, 2.75) is 51.6 Å². The molecule has 0 saturated carbocycles. The largest absolute Gasteiger partial charge is 0.459 e. The summed E-state index contributed by atoms with van der Waals surface area (Å²) in [5.74, 6) is 0.296. The SMILES string of the molecule is CC(C)OC(=O)c1c(NC(=O)C2c3ccccc3Oc3ccccc32)sc2c1CCCC2. The normalized spacial score (nSPS) is 14.7. The number of esters is 1. The maximum Gasteiger partial charge on any atom is 0.341 e. The molecule has 1 aliphatic heterocycles. The molecule has 0 saturated heterocycles. The summed E-state index contributed by atoms with van der Waals surface area (Å²) in [5.41, 5.74) is 3.20. The van der Waals surface area contributed by atoms with Crippen molar-refractivity contribution < 1.29 is 19.1 Å². The Morgan fingerprint density at radius 2 is 1.62 bits per heavy atom. The minimum atomic E-state index is -0.524. The number of ether oxygens (including phenoxy) is 2. The van der Waals surface area contributed by atoms with E-state index in [0.717, 1.165) is 42.4 Å². The van der Waals surface area contributed by atoms with E-state index in [1.165, 1.54) is 16.2 Å². The summed E-state index contributed by atoms with van der Waals surface area (Å²) in [6, 6.07) is 15.2. The minimum absolute atomic E-state index is 0.176. The number of para-hydroxylation sites is 2. The minimum Gasteiger partial charge on any atom is -0.459 e. The molecule has 32 heavy (non-hydrogen) atoms. The molecule has 0 atom stereocenters. The van der Waals surface area contributed by atoms with Crippen LogP contribution in [0.2, 0.25) is 0 Å². The summed E-state index contributed by atoms with van der Waals surface area (Å²) in [6.45, 7) is 3.68. The zero-order valence-corrected chi connectivity index (χ0v) is 19.0. The van der Waals surface area contributed by atoms with Crippen LogP contribution in [0.25, 0.3) is 0 Å². The maximum absolute atomic E-state index is 13.7. The molecule has 2 aromatic carbocycles. The highest BCUT2D eigenvalue weighted by molar-refractivity contribution is 7.17. The van der Waals surface area contributed by atoms with Gasteiger partial charge in [-0.05, 0) is 57.2 Å². The molecule has 3 aromatic rings.